The van der Waals surface area contributed by atoms with E-state index in [0.29, 0.717) is 28.1 Å². The molecule has 0 heterocycles. The Morgan fingerprint density at radius 1 is 0.900 bits per heavy atom. The number of hydrogen-bond acceptors (Lipinski definition) is 2. The first-order valence-electron chi connectivity index (χ1n) is 13.3. The summed E-state index contributed by atoms with van der Waals surface area (Å²) < 4.78 is 0. The summed E-state index contributed by atoms with van der Waals surface area (Å²) in [6, 6.07) is 0. The molecule has 0 spiro atoms. The zero-order chi connectivity index (χ0) is 21.9. The maximum atomic E-state index is 11.1. The molecule has 174 valence electrons. The molecule has 0 aliphatic heterocycles. The molecule has 0 saturated heterocycles. The van der Waals surface area contributed by atoms with E-state index in [1.54, 1.807) is 0 Å². The molecule has 0 aromatic rings. The molecule has 4 rings (SSSR count). The van der Waals surface area contributed by atoms with Crippen molar-refractivity contribution in [2.75, 3.05) is 0 Å². The molecule has 4 aliphatic carbocycles. The van der Waals surface area contributed by atoms with Crippen molar-refractivity contribution in [3.63, 3.8) is 0 Å². The van der Waals surface area contributed by atoms with Gasteiger partial charge in [0.05, 0.1) is 12.2 Å². The Morgan fingerprint density at radius 3 is 2.27 bits per heavy atom. The van der Waals surface area contributed by atoms with E-state index in [1.165, 1.54) is 44.9 Å². The number of aliphatic hydroxyl groups excluding tert-OH is 2. The highest BCUT2D eigenvalue weighted by Crippen LogP contribution is 2.68. The van der Waals surface area contributed by atoms with Gasteiger partial charge < -0.3 is 10.2 Å². The van der Waals surface area contributed by atoms with Crippen LogP contribution in [0.2, 0.25) is 0 Å². The van der Waals surface area contributed by atoms with Crippen molar-refractivity contribution in [3.8, 4) is 0 Å². The Kier molecular flexibility index (Phi) is 6.20. The van der Waals surface area contributed by atoms with Gasteiger partial charge in [-0.1, -0.05) is 41.5 Å². The van der Waals surface area contributed by atoms with E-state index < -0.39 is 0 Å². The third-order valence-electron chi connectivity index (χ3n) is 11.1. The minimum absolute atomic E-state index is 0.0419. The summed E-state index contributed by atoms with van der Waals surface area (Å²) >= 11 is 0. The number of fused-ring (bicyclic) bond motifs is 5. The highest BCUT2D eigenvalue weighted by atomic mass is 16.3. The second-order valence-corrected chi connectivity index (χ2v) is 13.8. The fourth-order valence-corrected chi connectivity index (χ4v) is 9.25. The molecule has 2 heteroatoms. The zero-order valence-electron chi connectivity index (χ0n) is 20.8. The topological polar surface area (TPSA) is 40.5 Å². The van der Waals surface area contributed by atoms with E-state index >= 15 is 0 Å². The van der Waals surface area contributed by atoms with Gasteiger partial charge in [-0.15, -0.1) is 0 Å². The van der Waals surface area contributed by atoms with Crippen molar-refractivity contribution >= 4 is 0 Å². The highest BCUT2D eigenvalue weighted by Gasteiger charge is 2.60. The minimum Gasteiger partial charge on any atom is -0.393 e. The van der Waals surface area contributed by atoms with Gasteiger partial charge >= 0.3 is 0 Å². The Labute approximate surface area is 186 Å². The summed E-state index contributed by atoms with van der Waals surface area (Å²) in [7, 11) is 0. The maximum absolute atomic E-state index is 11.1. The Bertz CT molecular complexity index is 608. The molecule has 4 fully saturated rings. The van der Waals surface area contributed by atoms with Gasteiger partial charge in [0.2, 0.25) is 0 Å². The van der Waals surface area contributed by atoms with E-state index in [4.69, 9.17) is 0 Å². The summed E-state index contributed by atoms with van der Waals surface area (Å²) in [5.74, 6) is 4.50. The van der Waals surface area contributed by atoms with Crippen LogP contribution in [0, 0.1) is 51.8 Å². The van der Waals surface area contributed by atoms with E-state index in [0.717, 1.165) is 49.4 Å². The largest absolute Gasteiger partial charge is 0.393 e. The smallest absolute Gasteiger partial charge is 0.0568 e. The minimum atomic E-state index is -0.143. The van der Waals surface area contributed by atoms with Crippen molar-refractivity contribution < 1.29 is 10.2 Å². The molecule has 4 saturated carbocycles. The summed E-state index contributed by atoms with van der Waals surface area (Å²) in [4.78, 5) is 0. The molecule has 0 amide bonds. The molecule has 4 aliphatic rings. The van der Waals surface area contributed by atoms with Gasteiger partial charge in [-0.2, -0.15) is 0 Å². The van der Waals surface area contributed by atoms with E-state index in [1.807, 2.05) is 0 Å². The molecule has 2 N–H and O–H groups in total. The van der Waals surface area contributed by atoms with Crippen LogP contribution in [0.1, 0.15) is 112 Å². The van der Waals surface area contributed by atoms with Crippen molar-refractivity contribution in [1.29, 1.82) is 0 Å². The lowest BCUT2D eigenvalue weighted by Gasteiger charge is -2.61. The predicted octanol–water partition coefficient (Wildman–Crippen LogP) is 6.83. The number of hydrogen-bond donors (Lipinski definition) is 2. The van der Waals surface area contributed by atoms with Gasteiger partial charge in [0.1, 0.15) is 0 Å². The van der Waals surface area contributed by atoms with Crippen LogP contribution < -0.4 is 0 Å². The lowest BCUT2D eigenvalue weighted by atomic mass is 9.44. The first-order chi connectivity index (χ1) is 14.0. The van der Waals surface area contributed by atoms with Gasteiger partial charge in [-0.3, -0.25) is 0 Å². The Morgan fingerprint density at radius 2 is 1.57 bits per heavy atom. The molecule has 30 heavy (non-hydrogen) atoms. The molecule has 0 bridgehead atoms. The van der Waals surface area contributed by atoms with Crippen molar-refractivity contribution in [2.24, 2.45) is 51.8 Å². The average molecular weight is 419 g/mol. The third-order valence-corrected chi connectivity index (χ3v) is 11.1. The molecule has 0 aromatic heterocycles. The fraction of sp³-hybridized carbons (Fsp3) is 1.00. The summed E-state index contributed by atoms with van der Waals surface area (Å²) in [5.41, 5.74) is 1.21. The second-order valence-electron chi connectivity index (χ2n) is 13.8. The SMILES string of the molecule is C[C@H](C(O)CCC(C)(C)C)[C@H]1CC[C@H]2[C@@H]3CCC4C[C@@H](O)CC[C@]4(C)[C@H]3CC[C@]12C. The van der Waals surface area contributed by atoms with Crippen LogP contribution in [0.15, 0.2) is 0 Å². The van der Waals surface area contributed by atoms with E-state index in [2.05, 4.69) is 41.5 Å². The van der Waals surface area contributed by atoms with Crippen LogP contribution in [0.4, 0.5) is 0 Å². The number of rotatable bonds is 4. The second kappa shape index (κ2) is 8.05. The third kappa shape index (κ3) is 3.91. The van der Waals surface area contributed by atoms with Gasteiger partial charge in [0.15, 0.2) is 0 Å². The van der Waals surface area contributed by atoms with Crippen LogP contribution in [0.5, 0.6) is 0 Å². The normalized spacial score (nSPS) is 48.4. The Balaban J connectivity index is 1.47. The van der Waals surface area contributed by atoms with Crippen LogP contribution in [-0.2, 0) is 0 Å². The van der Waals surface area contributed by atoms with Crippen molar-refractivity contribution in [2.45, 2.75) is 124 Å². The lowest BCUT2D eigenvalue weighted by molar-refractivity contribution is -0.132. The number of aliphatic hydroxyl groups is 2. The maximum Gasteiger partial charge on any atom is 0.0568 e. The van der Waals surface area contributed by atoms with Crippen LogP contribution in [-0.4, -0.2) is 22.4 Å². The Hall–Kier alpha value is -0.0800. The zero-order valence-corrected chi connectivity index (χ0v) is 20.8. The van der Waals surface area contributed by atoms with Gasteiger partial charge in [-0.25, -0.2) is 0 Å². The van der Waals surface area contributed by atoms with Crippen molar-refractivity contribution in [1.82, 2.24) is 0 Å². The van der Waals surface area contributed by atoms with Crippen LogP contribution >= 0.6 is 0 Å². The average Bonchev–Trinajstić information content (AvgIpc) is 3.02. The van der Waals surface area contributed by atoms with E-state index in [9.17, 15) is 10.2 Å². The first kappa shape index (κ1) is 23.1. The van der Waals surface area contributed by atoms with Gasteiger partial charge in [0, 0.05) is 0 Å². The summed E-state index contributed by atoms with van der Waals surface area (Å²) in [6.07, 6.45) is 13.4. The summed E-state index contributed by atoms with van der Waals surface area (Å²) in [6.45, 7) is 14.4. The van der Waals surface area contributed by atoms with Crippen LogP contribution in [0.25, 0.3) is 0 Å². The van der Waals surface area contributed by atoms with Crippen LogP contribution in [0.3, 0.4) is 0 Å². The monoisotopic (exact) mass is 418 g/mol. The van der Waals surface area contributed by atoms with Crippen molar-refractivity contribution in [3.05, 3.63) is 0 Å². The van der Waals surface area contributed by atoms with Gasteiger partial charge in [-0.05, 0) is 122 Å². The summed E-state index contributed by atoms with van der Waals surface area (Å²) in [5, 5.41) is 21.3. The molecular formula is C28H50O2. The fourth-order valence-electron chi connectivity index (χ4n) is 9.25. The molecule has 0 radical (unpaired) electrons. The predicted molar refractivity (Wildman–Crippen MR) is 125 cm³/mol. The molecule has 2 unspecified atom stereocenters. The first-order valence-corrected chi connectivity index (χ1v) is 13.3. The molecule has 0 aromatic carbocycles. The lowest BCUT2D eigenvalue weighted by Crippen LogP contribution is -2.54. The molecular weight excluding hydrogens is 368 g/mol. The molecule has 2 nitrogen and oxygen atoms in total. The quantitative estimate of drug-likeness (QED) is 0.525. The standard InChI is InChI=1S/C28H50O2/c1-18(25(30)13-14-26(2,3)4)22-9-10-23-21-8-7-19-17-20(29)11-15-27(19,5)24(21)12-16-28(22,23)6/h18-25,29-30H,7-17H2,1-6H3/t18-,19?,20-,21-,22+,23-,24-,25?,27-,28+/m0/s1. The molecule has 10 atom stereocenters. The van der Waals surface area contributed by atoms with Gasteiger partial charge in [0.25, 0.3) is 0 Å². The van der Waals surface area contributed by atoms with E-state index in [-0.39, 0.29) is 12.2 Å². The highest BCUT2D eigenvalue weighted by molar-refractivity contribution is 5.10.